The van der Waals surface area contributed by atoms with Gasteiger partial charge in [0.1, 0.15) is 18.2 Å². The summed E-state index contributed by atoms with van der Waals surface area (Å²) in [6.07, 6.45) is 14.0. The summed E-state index contributed by atoms with van der Waals surface area (Å²) in [6, 6.07) is 18.3. The van der Waals surface area contributed by atoms with E-state index in [2.05, 4.69) is 29.9 Å². The molecule has 2 amide bonds. The Hall–Kier alpha value is -3.76. The highest BCUT2D eigenvalue weighted by Crippen LogP contribution is 2.35. The van der Waals surface area contributed by atoms with E-state index >= 15 is 0 Å². The molecule has 0 bridgehead atoms. The number of amides is 2. The molecule has 0 heterocycles. The summed E-state index contributed by atoms with van der Waals surface area (Å²) in [5.74, 6) is -0.358. The Labute approximate surface area is 312 Å². The summed E-state index contributed by atoms with van der Waals surface area (Å²) in [4.78, 5) is 48.7. The lowest BCUT2D eigenvalue weighted by Crippen LogP contribution is -2.73. The maximum Gasteiger partial charge on any atom is 0.419 e. The van der Waals surface area contributed by atoms with Gasteiger partial charge in [-0.3, -0.25) is 5.43 Å². The molecule has 0 spiro atoms. The van der Waals surface area contributed by atoms with Crippen molar-refractivity contribution >= 4 is 24.8 Å². The number of benzene rings is 2. The molecule has 0 aliphatic heterocycles. The number of hydrazine groups is 1. The minimum atomic E-state index is -1.47. The Morgan fingerprint density at radius 1 is 0.673 bits per heavy atom. The van der Waals surface area contributed by atoms with Gasteiger partial charge in [0.2, 0.25) is 0 Å². The molecule has 0 fully saturated rings. The van der Waals surface area contributed by atoms with Crippen LogP contribution < -0.4 is 16.1 Å². The Bertz CT molecular complexity index is 1280. The number of carbonyl (C=O) groups is 4. The number of hydrogen-bond acceptors (Lipinski definition) is 6. The van der Waals surface area contributed by atoms with Crippen molar-refractivity contribution in [1.29, 1.82) is 0 Å². The Kier molecular flexibility index (Phi) is 21.6. The average molecular weight is 723 g/mol. The van der Waals surface area contributed by atoms with Crippen LogP contribution in [0.1, 0.15) is 122 Å². The van der Waals surface area contributed by atoms with Crippen molar-refractivity contribution in [3.8, 4) is 0 Å². The highest BCUT2D eigenvalue weighted by atomic mass is 16.4. The van der Waals surface area contributed by atoms with Crippen LogP contribution in [0.15, 0.2) is 60.7 Å². The molecule has 10 heteroatoms. The first-order valence-corrected chi connectivity index (χ1v) is 19.6. The molecule has 0 saturated carbocycles. The van der Waals surface area contributed by atoms with Crippen LogP contribution in [0.5, 0.6) is 0 Å². The highest BCUT2D eigenvalue weighted by Gasteiger charge is 2.49. The van der Waals surface area contributed by atoms with Gasteiger partial charge < -0.3 is 30.4 Å². The second-order valence-corrected chi connectivity index (χ2v) is 15.0. The lowest BCUT2D eigenvalue weighted by Gasteiger charge is -2.51. The van der Waals surface area contributed by atoms with Crippen molar-refractivity contribution < 1.29 is 29.4 Å². The van der Waals surface area contributed by atoms with E-state index in [0.717, 1.165) is 56.1 Å². The van der Waals surface area contributed by atoms with Crippen molar-refractivity contribution in [3.63, 3.8) is 0 Å². The van der Waals surface area contributed by atoms with Gasteiger partial charge in [0, 0.05) is 12.3 Å². The third-order valence-electron chi connectivity index (χ3n) is 10.1. The van der Waals surface area contributed by atoms with Gasteiger partial charge in [0.25, 0.3) is 0 Å². The summed E-state index contributed by atoms with van der Waals surface area (Å²) >= 11 is 0. The zero-order valence-corrected chi connectivity index (χ0v) is 32.1. The zero-order valence-electron chi connectivity index (χ0n) is 32.1. The van der Waals surface area contributed by atoms with Crippen LogP contribution in [0.4, 0.5) is 9.59 Å². The first kappa shape index (κ1) is 44.4. The van der Waals surface area contributed by atoms with Gasteiger partial charge in [-0.15, -0.1) is 0 Å². The van der Waals surface area contributed by atoms with E-state index in [0.29, 0.717) is 25.0 Å². The first-order valence-electron chi connectivity index (χ1n) is 19.6. The van der Waals surface area contributed by atoms with Crippen LogP contribution in [0, 0.1) is 17.8 Å². The number of nitrogens with zero attached hydrogens (tertiary/aromatic N) is 1. The molecule has 0 aromatic heterocycles. The monoisotopic (exact) mass is 722 g/mol. The number of rotatable bonds is 29. The van der Waals surface area contributed by atoms with E-state index in [-0.39, 0.29) is 24.3 Å². The van der Waals surface area contributed by atoms with Crippen molar-refractivity contribution in [1.82, 2.24) is 21.1 Å². The number of nitrogens with one attached hydrogen (secondary N) is 3. The van der Waals surface area contributed by atoms with Crippen molar-refractivity contribution in [2.45, 2.75) is 142 Å². The first-order chi connectivity index (χ1) is 25.0. The van der Waals surface area contributed by atoms with Crippen LogP contribution in [0.25, 0.3) is 0 Å². The fourth-order valence-electron chi connectivity index (χ4n) is 7.19. The average Bonchev–Trinajstić information content (AvgIpc) is 3.10. The van der Waals surface area contributed by atoms with Gasteiger partial charge in [-0.2, -0.15) is 5.01 Å². The molecule has 2 unspecified atom stereocenters. The second kappa shape index (κ2) is 25.3. The summed E-state index contributed by atoms with van der Waals surface area (Å²) in [5, 5.41) is 27.9. The lowest BCUT2D eigenvalue weighted by atomic mass is 9.77. The molecular formula is C42H66N4O6. The zero-order chi connectivity index (χ0) is 38.2. The Morgan fingerprint density at radius 2 is 1.17 bits per heavy atom. The third-order valence-corrected chi connectivity index (χ3v) is 10.1. The molecule has 2 rings (SSSR count). The molecule has 4 atom stereocenters. The minimum absolute atomic E-state index is 0.0461. The Balaban J connectivity index is 2.08. The predicted molar refractivity (Wildman–Crippen MR) is 208 cm³/mol. The SMILES string of the molecule is CC(C)C(C=O)NCCCCCCCCCCCCCC[C@@H](Cc1ccccc1)C(Cc1ccccc1)(NC(=O)O)N(NC(=O)O)[C@H](C=O)C(C)C. The van der Waals surface area contributed by atoms with Crippen LogP contribution >= 0.6 is 0 Å². The standard InChI is InChI=1S/C42H66N4O6/c1-33(2)38(31-47)43-28-22-14-12-10-8-6-5-7-9-11-13-21-27-37(29-35-23-17-15-18-24-35)42(44-40(49)50,30-36-25-19-16-20-26-36)46(45-41(51)52)39(32-48)34(3)4/h15-20,23-26,31-34,37-39,43-45H,5-14,21-22,27-30H2,1-4H3,(H,49,50)(H,51,52)/t37-,38?,39+,42?/m0/s1. The van der Waals surface area contributed by atoms with Crippen LogP contribution in [-0.2, 0) is 22.4 Å². The van der Waals surface area contributed by atoms with Gasteiger partial charge in [-0.05, 0) is 48.8 Å². The quantitative estimate of drug-likeness (QED) is 0.0243. The highest BCUT2D eigenvalue weighted by molar-refractivity contribution is 5.68. The van der Waals surface area contributed by atoms with Crippen molar-refractivity contribution in [2.75, 3.05) is 6.54 Å². The summed E-state index contributed by atoms with van der Waals surface area (Å²) in [7, 11) is 0. The van der Waals surface area contributed by atoms with Gasteiger partial charge in [-0.1, -0.05) is 159 Å². The van der Waals surface area contributed by atoms with Gasteiger partial charge in [0.05, 0.1) is 12.1 Å². The number of carboxylic acid groups (broad SMARTS) is 2. The fraction of sp³-hybridized carbons (Fsp3) is 0.619. The van der Waals surface area contributed by atoms with E-state index < -0.39 is 23.9 Å². The molecule has 2 aromatic carbocycles. The fourth-order valence-corrected chi connectivity index (χ4v) is 7.19. The molecule has 0 aliphatic carbocycles. The van der Waals surface area contributed by atoms with E-state index in [1.165, 1.54) is 50.0 Å². The topological polar surface area (TPSA) is 148 Å². The summed E-state index contributed by atoms with van der Waals surface area (Å²) < 4.78 is 0. The second-order valence-electron chi connectivity index (χ2n) is 15.0. The normalized spacial score (nSPS) is 14.4. The predicted octanol–water partition coefficient (Wildman–Crippen LogP) is 8.64. The van der Waals surface area contributed by atoms with Crippen LogP contribution in [-0.4, -0.2) is 64.3 Å². The van der Waals surface area contributed by atoms with Crippen LogP contribution in [0.3, 0.4) is 0 Å². The molecule has 2 aromatic rings. The van der Waals surface area contributed by atoms with E-state index in [1.54, 1.807) is 0 Å². The minimum Gasteiger partial charge on any atom is -0.465 e. The molecule has 10 nitrogen and oxygen atoms in total. The van der Waals surface area contributed by atoms with Gasteiger partial charge >= 0.3 is 12.2 Å². The van der Waals surface area contributed by atoms with Crippen molar-refractivity contribution in [3.05, 3.63) is 71.8 Å². The number of aldehydes is 2. The molecular weight excluding hydrogens is 656 g/mol. The molecule has 52 heavy (non-hydrogen) atoms. The maximum absolute atomic E-state index is 12.7. The third kappa shape index (κ3) is 16.3. The van der Waals surface area contributed by atoms with Crippen LogP contribution in [0.2, 0.25) is 0 Å². The van der Waals surface area contributed by atoms with E-state index in [9.17, 15) is 29.4 Å². The molecule has 0 aliphatic rings. The molecule has 5 N–H and O–H groups in total. The maximum atomic E-state index is 12.7. The van der Waals surface area contributed by atoms with E-state index in [1.807, 2.05) is 74.5 Å². The molecule has 0 radical (unpaired) electrons. The number of hydrogen-bond donors (Lipinski definition) is 5. The van der Waals surface area contributed by atoms with Gasteiger partial charge in [-0.25, -0.2) is 9.59 Å². The lowest BCUT2D eigenvalue weighted by molar-refractivity contribution is -0.125. The smallest absolute Gasteiger partial charge is 0.419 e. The Morgan fingerprint density at radius 3 is 1.62 bits per heavy atom. The largest absolute Gasteiger partial charge is 0.465 e. The number of carbonyl (C=O) groups excluding carboxylic acids is 2. The number of unbranched alkanes of at least 4 members (excludes halogenated alkanes) is 11. The van der Waals surface area contributed by atoms with Crippen molar-refractivity contribution in [2.24, 2.45) is 17.8 Å². The van der Waals surface area contributed by atoms with E-state index in [4.69, 9.17) is 0 Å². The summed E-state index contributed by atoms with van der Waals surface area (Å²) in [5.41, 5.74) is 2.85. The molecule has 290 valence electrons. The van der Waals surface area contributed by atoms with Gasteiger partial charge in [0.15, 0.2) is 0 Å². The summed E-state index contributed by atoms with van der Waals surface area (Å²) in [6.45, 7) is 8.68. The molecule has 0 saturated heterocycles.